The Bertz CT molecular complexity index is 1050. The van der Waals surface area contributed by atoms with Crippen LogP contribution in [0.25, 0.3) is 0 Å². The summed E-state index contributed by atoms with van der Waals surface area (Å²) in [4.78, 5) is 45.5. The van der Waals surface area contributed by atoms with Gasteiger partial charge in [0.2, 0.25) is 5.91 Å². The van der Waals surface area contributed by atoms with Crippen molar-refractivity contribution in [1.29, 1.82) is 0 Å². The number of carbonyl (C=O) groups is 3. The Balaban J connectivity index is 1.26. The highest BCUT2D eigenvalue weighted by atomic mass is 32.2. The first-order valence-electron chi connectivity index (χ1n) is 11.3. The fraction of sp³-hybridized carbons (Fsp3) is 0.417. The molecule has 1 aromatic heterocycles. The van der Waals surface area contributed by atoms with E-state index in [1.54, 1.807) is 30.5 Å². The lowest BCUT2D eigenvalue weighted by molar-refractivity contribution is -0.121. The first-order chi connectivity index (χ1) is 16.4. The van der Waals surface area contributed by atoms with Crippen LogP contribution in [-0.4, -0.2) is 71.7 Å². The summed E-state index contributed by atoms with van der Waals surface area (Å²) < 4.78 is 5.47. The maximum absolute atomic E-state index is 12.6. The molecule has 10 heteroatoms. The van der Waals surface area contributed by atoms with Crippen LogP contribution in [-0.2, 0) is 9.59 Å². The number of furan rings is 1. The largest absolute Gasteiger partial charge is 0.468 e. The number of nitrogens with one attached hydrogen (secondary N) is 2. The zero-order chi connectivity index (χ0) is 24.1. The Hall–Kier alpha value is -3.11. The van der Waals surface area contributed by atoms with Crippen molar-refractivity contribution in [3.63, 3.8) is 0 Å². The summed E-state index contributed by atoms with van der Waals surface area (Å²) in [6, 6.07) is 10.3. The molecule has 34 heavy (non-hydrogen) atoms. The smallest absolute Gasteiger partial charge is 0.262 e. The number of rotatable bonds is 8. The van der Waals surface area contributed by atoms with Crippen molar-refractivity contribution in [3.05, 3.63) is 54.0 Å². The van der Waals surface area contributed by atoms with E-state index in [-0.39, 0.29) is 30.2 Å². The lowest BCUT2D eigenvalue weighted by Gasteiger charge is -2.22. The lowest BCUT2D eigenvalue weighted by atomic mass is 10.1. The van der Waals surface area contributed by atoms with Gasteiger partial charge in [-0.2, -0.15) is 4.99 Å². The van der Waals surface area contributed by atoms with Gasteiger partial charge in [-0.3, -0.25) is 19.3 Å². The van der Waals surface area contributed by atoms with Gasteiger partial charge in [0.05, 0.1) is 12.3 Å². The minimum Gasteiger partial charge on any atom is -0.468 e. The molecule has 2 aliphatic rings. The van der Waals surface area contributed by atoms with E-state index in [0.29, 0.717) is 17.8 Å². The van der Waals surface area contributed by atoms with Gasteiger partial charge < -0.3 is 20.0 Å². The number of likely N-dealkylation sites (tertiary alicyclic amines) is 1. The third kappa shape index (κ3) is 5.87. The summed E-state index contributed by atoms with van der Waals surface area (Å²) in [5.74, 6) is 0.0592. The number of benzene rings is 1. The third-order valence-electron chi connectivity index (χ3n) is 5.86. The quantitative estimate of drug-likeness (QED) is 0.594. The Morgan fingerprint density at radius 1 is 1.21 bits per heavy atom. The fourth-order valence-corrected chi connectivity index (χ4v) is 5.07. The molecule has 0 spiro atoms. The minimum atomic E-state index is -0.487. The molecule has 2 aliphatic heterocycles. The van der Waals surface area contributed by atoms with E-state index in [0.717, 1.165) is 36.9 Å². The van der Waals surface area contributed by atoms with E-state index in [4.69, 9.17) is 4.42 Å². The van der Waals surface area contributed by atoms with Crippen LogP contribution >= 0.6 is 11.8 Å². The summed E-state index contributed by atoms with van der Waals surface area (Å²) in [5, 5.41) is 5.98. The van der Waals surface area contributed by atoms with E-state index in [2.05, 4.69) is 20.5 Å². The lowest BCUT2D eigenvalue weighted by Crippen LogP contribution is -2.34. The normalized spacial score (nSPS) is 18.8. The number of aliphatic imine (C=N–C) groups is 1. The first-order valence-corrected chi connectivity index (χ1v) is 12.2. The summed E-state index contributed by atoms with van der Waals surface area (Å²) in [5.41, 5.74) is 1.06. The number of thioether (sulfide) groups is 1. The van der Waals surface area contributed by atoms with Crippen LogP contribution in [0.3, 0.4) is 0 Å². The highest BCUT2D eigenvalue weighted by Gasteiger charge is 2.33. The number of amides is 3. The molecule has 3 heterocycles. The minimum absolute atomic E-state index is 0.0608. The average Bonchev–Trinajstić information content (AvgIpc) is 3.57. The zero-order valence-corrected chi connectivity index (χ0v) is 20.1. The molecule has 4 rings (SSSR count). The van der Waals surface area contributed by atoms with Gasteiger partial charge in [-0.05, 0) is 63.3 Å². The molecular weight excluding hydrogens is 454 g/mol. The van der Waals surface area contributed by atoms with Crippen molar-refractivity contribution >= 4 is 40.3 Å². The molecule has 2 N–H and O–H groups in total. The molecule has 2 aromatic rings. The monoisotopic (exact) mass is 483 g/mol. The topological polar surface area (TPSA) is 107 Å². The number of anilines is 1. The van der Waals surface area contributed by atoms with Crippen LogP contribution in [0.4, 0.5) is 5.69 Å². The Morgan fingerprint density at radius 3 is 2.59 bits per heavy atom. The molecule has 1 fully saturated rings. The second kappa shape index (κ2) is 10.9. The molecule has 0 radical (unpaired) electrons. The van der Waals surface area contributed by atoms with E-state index < -0.39 is 5.25 Å². The van der Waals surface area contributed by atoms with Crippen molar-refractivity contribution < 1.29 is 18.8 Å². The number of carbonyl (C=O) groups excluding carboxylic acids is 3. The Kier molecular flexibility index (Phi) is 7.69. The van der Waals surface area contributed by atoms with Gasteiger partial charge >= 0.3 is 0 Å². The SMILES string of the molecule is CN(C)C(CNC(=O)c1ccc(NC(=O)CC2SC(N3CCCC3)=NC2=O)cc1)c1ccco1. The molecular formula is C24H29N5O4S. The molecule has 0 aliphatic carbocycles. The van der Waals surface area contributed by atoms with Crippen LogP contribution in [0, 0.1) is 0 Å². The van der Waals surface area contributed by atoms with Crippen LogP contribution in [0.5, 0.6) is 0 Å². The Labute approximate surface area is 203 Å². The zero-order valence-electron chi connectivity index (χ0n) is 19.3. The number of amidine groups is 1. The first kappa shape index (κ1) is 24.0. The van der Waals surface area contributed by atoms with Crippen LogP contribution < -0.4 is 10.6 Å². The van der Waals surface area contributed by atoms with Crippen molar-refractivity contribution in [3.8, 4) is 0 Å². The second-order valence-corrected chi connectivity index (χ2v) is 9.74. The number of hydrogen-bond acceptors (Lipinski definition) is 7. The van der Waals surface area contributed by atoms with Gasteiger partial charge in [0, 0.05) is 37.3 Å². The third-order valence-corrected chi connectivity index (χ3v) is 7.07. The van der Waals surface area contributed by atoms with Gasteiger partial charge in [0.25, 0.3) is 11.8 Å². The summed E-state index contributed by atoms with van der Waals surface area (Å²) in [7, 11) is 3.85. The highest BCUT2D eigenvalue weighted by molar-refractivity contribution is 8.15. The molecule has 1 saturated heterocycles. The molecule has 1 aromatic carbocycles. The van der Waals surface area contributed by atoms with E-state index in [1.165, 1.54) is 11.8 Å². The maximum Gasteiger partial charge on any atom is 0.262 e. The molecule has 180 valence electrons. The second-order valence-electron chi connectivity index (χ2n) is 8.57. The number of nitrogens with zero attached hydrogens (tertiary/aromatic N) is 3. The van der Waals surface area contributed by atoms with Gasteiger partial charge in [-0.15, -0.1) is 0 Å². The average molecular weight is 484 g/mol. The summed E-state index contributed by atoms with van der Waals surface area (Å²) in [6.07, 6.45) is 3.88. The molecule has 3 amide bonds. The van der Waals surface area contributed by atoms with Crippen molar-refractivity contribution in [2.24, 2.45) is 4.99 Å². The van der Waals surface area contributed by atoms with Crippen molar-refractivity contribution in [2.75, 3.05) is 39.0 Å². The van der Waals surface area contributed by atoms with Gasteiger partial charge in [0.1, 0.15) is 11.0 Å². The van der Waals surface area contributed by atoms with Crippen LogP contribution in [0.1, 0.15) is 41.4 Å². The molecule has 0 bridgehead atoms. The predicted molar refractivity (Wildman–Crippen MR) is 132 cm³/mol. The van der Waals surface area contributed by atoms with Gasteiger partial charge in [-0.1, -0.05) is 11.8 Å². The summed E-state index contributed by atoms with van der Waals surface area (Å²) >= 11 is 1.37. The van der Waals surface area contributed by atoms with Crippen molar-refractivity contribution in [1.82, 2.24) is 15.1 Å². The predicted octanol–water partition coefficient (Wildman–Crippen LogP) is 2.73. The van der Waals surface area contributed by atoms with Gasteiger partial charge in [0.15, 0.2) is 5.17 Å². The van der Waals surface area contributed by atoms with Crippen LogP contribution in [0.2, 0.25) is 0 Å². The molecule has 2 atom stereocenters. The molecule has 9 nitrogen and oxygen atoms in total. The summed E-state index contributed by atoms with van der Waals surface area (Å²) in [6.45, 7) is 2.22. The standard InChI is InChI=1S/C24H29N5O4S/c1-28(2)18(19-6-5-13-33-19)15-25-22(31)16-7-9-17(10-8-16)26-21(30)14-20-23(32)27-24(34-20)29-11-3-4-12-29/h5-10,13,18,20H,3-4,11-12,14-15H2,1-2H3,(H,25,31)(H,26,30). The fourth-order valence-electron chi connectivity index (χ4n) is 3.95. The van der Waals surface area contributed by atoms with Gasteiger partial charge in [-0.25, -0.2) is 0 Å². The maximum atomic E-state index is 12.6. The Morgan fingerprint density at radius 2 is 1.94 bits per heavy atom. The van der Waals surface area contributed by atoms with E-state index in [1.807, 2.05) is 31.1 Å². The van der Waals surface area contributed by atoms with Crippen molar-refractivity contribution in [2.45, 2.75) is 30.6 Å². The molecule has 2 unspecified atom stereocenters. The molecule has 0 saturated carbocycles. The number of hydrogen-bond donors (Lipinski definition) is 2. The number of likely N-dealkylation sites (N-methyl/N-ethyl adjacent to an activating group) is 1. The van der Waals surface area contributed by atoms with Crippen LogP contribution in [0.15, 0.2) is 52.1 Å². The highest BCUT2D eigenvalue weighted by Crippen LogP contribution is 2.29. The van der Waals surface area contributed by atoms with E-state index in [9.17, 15) is 14.4 Å². The van der Waals surface area contributed by atoms with E-state index >= 15 is 0 Å².